The maximum absolute atomic E-state index is 12.9. The molecule has 2 heterocycles. The van der Waals surface area contributed by atoms with Crippen molar-refractivity contribution in [3.05, 3.63) is 12.2 Å². The number of ether oxygens (including phenoxy) is 4. The summed E-state index contributed by atoms with van der Waals surface area (Å²) in [7, 11) is 3.72. The van der Waals surface area contributed by atoms with Crippen molar-refractivity contribution in [1.29, 1.82) is 0 Å². The first-order valence-corrected chi connectivity index (χ1v) is 11.4. The van der Waals surface area contributed by atoms with Crippen LogP contribution in [0, 0.1) is 22.7 Å². The van der Waals surface area contributed by atoms with Crippen LogP contribution >= 0.6 is 0 Å². The van der Waals surface area contributed by atoms with Gasteiger partial charge in [-0.05, 0) is 44.4 Å². The summed E-state index contributed by atoms with van der Waals surface area (Å²) in [6, 6.07) is 0. The highest BCUT2D eigenvalue weighted by molar-refractivity contribution is 5.76. The summed E-state index contributed by atoms with van der Waals surface area (Å²) in [6.45, 7) is 2.65. The summed E-state index contributed by atoms with van der Waals surface area (Å²) in [6.07, 6.45) is 12.2. The average molecular weight is 406 g/mol. The normalized spacial score (nSPS) is 41.3. The van der Waals surface area contributed by atoms with Gasteiger partial charge < -0.3 is 23.8 Å². The molecule has 4 fully saturated rings. The van der Waals surface area contributed by atoms with Gasteiger partial charge in [-0.15, -0.1) is 0 Å². The van der Waals surface area contributed by atoms with Gasteiger partial charge in [0.25, 0.3) is 0 Å². The zero-order valence-corrected chi connectivity index (χ0v) is 17.9. The quantitative estimate of drug-likeness (QED) is 0.676. The summed E-state index contributed by atoms with van der Waals surface area (Å²) in [5, 5.41) is 0. The first-order chi connectivity index (χ1) is 14.0. The zero-order chi connectivity index (χ0) is 20.1. The van der Waals surface area contributed by atoms with Gasteiger partial charge in [0, 0.05) is 43.7 Å². The molecular formula is C23H35NO5. The van der Waals surface area contributed by atoms with Crippen molar-refractivity contribution in [3.8, 4) is 0 Å². The lowest BCUT2D eigenvalue weighted by atomic mass is 9.43. The molecule has 2 saturated carbocycles. The van der Waals surface area contributed by atoms with Crippen LogP contribution in [0.3, 0.4) is 0 Å². The molecule has 5 rings (SSSR count). The summed E-state index contributed by atoms with van der Waals surface area (Å²) in [5.74, 6) is 0.318. The van der Waals surface area contributed by atoms with Gasteiger partial charge in [0.15, 0.2) is 12.1 Å². The van der Waals surface area contributed by atoms with Crippen molar-refractivity contribution in [3.63, 3.8) is 0 Å². The second-order valence-corrected chi connectivity index (χ2v) is 9.87. The Bertz CT molecular complexity index is 666. The van der Waals surface area contributed by atoms with Crippen molar-refractivity contribution >= 4 is 5.91 Å². The molecule has 4 atom stereocenters. The lowest BCUT2D eigenvalue weighted by molar-refractivity contribution is -0.319. The van der Waals surface area contributed by atoms with Gasteiger partial charge >= 0.3 is 0 Å². The van der Waals surface area contributed by atoms with Crippen LogP contribution in [0.1, 0.15) is 51.4 Å². The third-order valence-electron chi connectivity index (χ3n) is 8.44. The van der Waals surface area contributed by atoms with Crippen LogP contribution in [0.4, 0.5) is 0 Å². The Kier molecular flexibility index (Phi) is 5.05. The summed E-state index contributed by atoms with van der Waals surface area (Å²) in [4.78, 5) is 14.6. The van der Waals surface area contributed by atoms with Gasteiger partial charge in [0.1, 0.15) is 0 Å². The lowest BCUT2D eigenvalue weighted by Crippen LogP contribution is -2.65. The fourth-order valence-electron chi connectivity index (χ4n) is 7.41. The molecule has 6 nitrogen and oxygen atoms in total. The molecule has 0 bridgehead atoms. The monoisotopic (exact) mass is 405 g/mol. The van der Waals surface area contributed by atoms with Gasteiger partial charge in [-0.25, -0.2) is 0 Å². The van der Waals surface area contributed by atoms with Crippen molar-refractivity contribution in [1.82, 2.24) is 4.90 Å². The molecule has 0 aromatic rings. The van der Waals surface area contributed by atoms with Gasteiger partial charge in [-0.2, -0.15) is 0 Å². The van der Waals surface area contributed by atoms with Gasteiger partial charge in [-0.3, -0.25) is 4.79 Å². The van der Waals surface area contributed by atoms with Gasteiger partial charge in [0.05, 0.1) is 26.4 Å². The number of hydrogen-bond acceptors (Lipinski definition) is 5. The Hall–Kier alpha value is -0.950. The molecule has 162 valence electrons. The number of carbonyl (C=O) groups excluding carboxylic acids is 1. The van der Waals surface area contributed by atoms with E-state index in [2.05, 4.69) is 12.2 Å². The fourth-order valence-corrected chi connectivity index (χ4v) is 7.41. The number of amides is 1. The maximum Gasteiger partial charge on any atom is 0.222 e. The smallest absolute Gasteiger partial charge is 0.222 e. The van der Waals surface area contributed by atoms with E-state index in [-0.39, 0.29) is 28.9 Å². The van der Waals surface area contributed by atoms with Crippen LogP contribution in [0.5, 0.6) is 0 Å². The van der Waals surface area contributed by atoms with E-state index >= 15 is 0 Å². The Labute approximate surface area is 173 Å². The summed E-state index contributed by atoms with van der Waals surface area (Å²) in [5.41, 5.74) is -0.281. The number of fused-ring (bicyclic) bond motifs is 4. The molecule has 0 N–H and O–H groups in total. The van der Waals surface area contributed by atoms with E-state index < -0.39 is 5.79 Å². The van der Waals surface area contributed by atoms with E-state index in [0.29, 0.717) is 38.8 Å². The second kappa shape index (κ2) is 7.33. The number of allylic oxidation sites excluding steroid dienone is 2. The SMILES string of the molecule is CN(C)C(=O)C[C@]12C=CCC[C@H]1[C@]1(C3OCCO3)CCCC3(OCCO3)[C@H]1CC2. The minimum atomic E-state index is -0.494. The molecule has 0 radical (unpaired) electrons. The molecule has 1 amide bonds. The van der Waals surface area contributed by atoms with Crippen molar-refractivity contribution in [2.45, 2.75) is 63.4 Å². The number of carbonyl (C=O) groups is 1. The van der Waals surface area contributed by atoms with Gasteiger partial charge in [-0.1, -0.05) is 12.2 Å². The topological polar surface area (TPSA) is 57.2 Å². The molecule has 0 aromatic carbocycles. The molecule has 1 spiro atoms. The molecular weight excluding hydrogens is 370 g/mol. The van der Waals surface area contributed by atoms with Crippen LogP contribution in [-0.2, 0) is 23.7 Å². The minimum absolute atomic E-state index is 0.122. The highest BCUT2D eigenvalue weighted by Gasteiger charge is 2.69. The molecule has 29 heavy (non-hydrogen) atoms. The molecule has 0 unspecified atom stereocenters. The Morgan fingerprint density at radius 2 is 1.76 bits per heavy atom. The van der Waals surface area contributed by atoms with E-state index in [1.54, 1.807) is 4.90 Å². The van der Waals surface area contributed by atoms with E-state index in [4.69, 9.17) is 18.9 Å². The fraction of sp³-hybridized carbons (Fsp3) is 0.870. The Morgan fingerprint density at radius 1 is 1.00 bits per heavy atom. The van der Waals surface area contributed by atoms with Crippen LogP contribution < -0.4 is 0 Å². The van der Waals surface area contributed by atoms with Crippen molar-refractivity contribution in [2.24, 2.45) is 22.7 Å². The van der Waals surface area contributed by atoms with E-state index in [1.807, 2.05) is 14.1 Å². The lowest BCUT2D eigenvalue weighted by Gasteiger charge is -2.64. The Morgan fingerprint density at radius 3 is 2.48 bits per heavy atom. The van der Waals surface area contributed by atoms with Crippen LogP contribution in [0.25, 0.3) is 0 Å². The third kappa shape index (κ3) is 2.93. The number of hydrogen-bond donors (Lipinski definition) is 0. The van der Waals surface area contributed by atoms with E-state index in [9.17, 15) is 4.79 Å². The predicted molar refractivity (Wildman–Crippen MR) is 107 cm³/mol. The molecule has 3 aliphatic carbocycles. The van der Waals surface area contributed by atoms with Crippen LogP contribution in [-0.4, -0.2) is 63.4 Å². The standard InChI is InChI=1S/C23H35NO5/c1-24(2)19(25)16-21-8-4-3-6-17(21)22(20-26-12-13-27-20)9-5-10-23(18(22)7-11-21)28-14-15-29-23/h4,8,17-18,20H,3,5-7,9-16H2,1-2H3/t17-,18+,21-,22-/m1/s1. The summed E-state index contributed by atoms with van der Waals surface area (Å²) < 4.78 is 25.2. The molecule has 2 saturated heterocycles. The molecule has 6 heteroatoms. The molecule has 0 aromatic heterocycles. The van der Waals surface area contributed by atoms with Gasteiger partial charge in [0.2, 0.25) is 5.91 Å². The Balaban J connectivity index is 1.59. The number of rotatable bonds is 3. The van der Waals surface area contributed by atoms with E-state index in [0.717, 1.165) is 44.9 Å². The first kappa shape index (κ1) is 20.0. The summed E-state index contributed by atoms with van der Waals surface area (Å²) >= 11 is 0. The highest BCUT2D eigenvalue weighted by atomic mass is 16.7. The van der Waals surface area contributed by atoms with Crippen molar-refractivity contribution < 1.29 is 23.7 Å². The van der Waals surface area contributed by atoms with Crippen molar-refractivity contribution in [2.75, 3.05) is 40.5 Å². The number of nitrogens with zero attached hydrogens (tertiary/aromatic N) is 1. The zero-order valence-electron chi connectivity index (χ0n) is 17.9. The maximum atomic E-state index is 12.9. The molecule has 2 aliphatic heterocycles. The van der Waals surface area contributed by atoms with E-state index in [1.165, 1.54) is 0 Å². The highest BCUT2D eigenvalue weighted by Crippen LogP contribution is 2.68. The van der Waals surface area contributed by atoms with Crippen LogP contribution in [0.2, 0.25) is 0 Å². The minimum Gasteiger partial charge on any atom is -0.350 e. The third-order valence-corrected chi connectivity index (χ3v) is 8.44. The average Bonchev–Trinajstić information content (AvgIpc) is 3.41. The molecule has 5 aliphatic rings. The van der Waals surface area contributed by atoms with Crippen LogP contribution in [0.15, 0.2) is 12.2 Å². The largest absolute Gasteiger partial charge is 0.350 e. The predicted octanol–water partition coefficient (Wildman–Crippen LogP) is 3.11. The first-order valence-electron chi connectivity index (χ1n) is 11.4. The second-order valence-electron chi connectivity index (χ2n) is 9.87.